The predicted molar refractivity (Wildman–Crippen MR) is 128 cm³/mol. The molecule has 4 fully saturated rings. The monoisotopic (exact) mass is 454 g/mol. The quantitative estimate of drug-likeness (QED) is 0.700. The average molecular weight is 455 g/mol. The Morgan fingerprint density at radius 1 is 0.909 bits per heavy atom. The number of para-hydroxylation sites is 1. The predicted octanol–water partition coefficient (Wildman–Crippen LogP) is 3.06. The molecule has 1 aromatic carbocycles. The number of hydrogen-bond donors (Lipinski definition) is 0. The molecule has 180 valence electrons. The van der Waals surface area contributed by atoms with E-state index in [1.165, 1.54) is 5.69 Å². The number of anilines is 1. The van der Waals surface area contributed by atoms with Crippen molar-refractivity contribution in [1.82, 2.24) is 14.7 Å². The molecule has 2 amide bonds. The van der Waals surface area contributed by atoms with Crippen molar-refractivity contribution in [2.75, 3.05) is 63.9 Å². The summed E-state index contributed by atoms with van der Waals surface area (Å²) in [6, 6.07) is 11.1. The zero-order valence-electron chi connectivity index (χ0n) is 20.0. The molecule has 7 nitrogen and oxygen atoms in total. The van der Waals surface area contributed by atoms with Crippen LogP contribution in [-0.4, -0.2) is 91.7 Å². The van der Waals surface area contributed by atoms with Gasteiger partial charge in [0.05, 0.1) is 6.61 Å². The van der Waals surface area contributed by atoms with Crippen molar-refractivity contribution >= 4 is 17.7 Å². The van der Waals surface area contributed by atoms with E-state index in [2.05, 4.69) is 39.0 Å². The summed E-state index contributed by atoms with van der Waals surface area (Å²) in [5.74, 6) is 0.646. The van der Waals surface area contributed by atoms with E-state index in [1.807, 2.05) is 17.9 Å². The van der Waals surface area contributed by atoms with Crippen LogP contribution in [0.25, 0.3) is 0 Å². The van der Waals surface area contributed by atoms with Crippen LogP contribution in [0, 0.1) is 11.3 Å². The van der Waals surface area contributed by atoms with Gasteiger partial charge in [-0.05, 0) is 69.7 Å². The van der Waals surface area contributed by atoms with Gasteiger partial charge in [-0.15, -0.1) is 0 Å². The van der Waals surface area contributed by atoms with Crippen LogP contribution < -0.4 is 4.90 Å². The molecule has 3 saturated heterocycles. The average Bonchev–Trinajstić information content (AvgIpc) is 3.58. The van der Waals surface area contributed by atoms with Crippen molar-refractivity contribution in [2.24, 2.45) is 11.3 Å². The zero-order chi connectivity index (χ0) is 22.8. The number of amides is 2. The fourth-order valence-electron chi connectivity index (χ4n) is 6.26. The molecule has 1 saturated carbocycles. The van der Waals surface area contributed by atoms with E-state index in [0.29, 0.717) is 18.6 Å². The van der Waals surface area contributed by atoms with Gasteiger partial charge in [-0.1, -0.05) is 18.2 Å². The molecule has 1 aliphatic carbocycles. The minimum absolute atomic E-state index is 0.169. The SMILES string of the molecule is CCOC(=O)N1CCC(N2CCC3(CC2)C[C@@H]3C(=O)N2CCN(c3ccccc3)CC2)CC1. The van der Waals surface area contributed by atoms with E-state index in [1.54, 1.807) is 0 Å². The first-order valence-electron chi connectivity index (χ1n) is 12.8. The summed E-state index contributed by atoms with van der Waals surface area (Å²) in [6.07, 6.45) is 5.26. The molecule has 3 aliphatic heterocycles. The van der Waals surface area contributed by atoms with Gasteiger partial charge in [0.25, 0.3) is 0 Å². The third-order valence-corrected chi connectivity index (χ3v) is 8.50. The van der Waals surface area contributed by atoms with Gasteiger partial charge in [0.1, 0.15) is 0 Å². The van der Waals surface area contributed by atoms with Crippen LogP contribution in [0.15, 0.2) is 30.3 Å². The van der Waals surface area contributed by atoms with Gasteiger partial charge in [-0.25, -0.2) is 4.79 Å². The highest BCUT2D eigenvalue weighted by atomic mass is 16.6. The molecule has 5 rings (SSSR count). The van der Waals surface area contributed by atoms with E-state index in [9.17, 15) is 9.59 Å². The van der Waals surface area contributed by atoms with E-state index < -0.39 is 0 Å². The van der Waals surface area contributed by atoms with E-state index >= 15 is 0 Å². The fraction of sp³-hybridized carbons (Fsp3) is 0.692. The number of hydrogen-bond acceptors (Lipinski definition) is 5. The smallest absolute Gasteiger partial charge is 0.409 e. The van der Waals surface area contributed by atoms with Gasteiger partial charge in [-0.2, -0.15) is 0 Å². The zero-order valence-corrected chi connectivity index (χ0v) is 20.0. The number of carbonyl (C=O) groups excluding carboxylic acids is 2. The molecule has 0 bridgehead atoms. The van der Waals surface area contributed by atoms with E-state index in [4.69, 9.17) is 4.74 Å². The second kappa shape index (κ2) is 9.53. The van der Waals surface area contributed by atoms with E-state index in [0.717, 1.165) is 84.5 Å². The Morgan fingerprint density at radius 3 is 2.21 bits per heavy atom. The minimum Gasteiger partial charge on any atom is -0.450 e. The standard InChI is InChI=1S/C26H38N4O3/c1-2-33-25(32)30-12-8-22(9-13-30)27-14-10-26(11-15-27)20-23(26)24(31)29-18-16-28(17-19-29)21-6-4-3-5-7-21/h3-7,22-23H,2,8-20H2,1H3/t23-/m1/s1. The maximum atomic E-state index is 13.3. The Kier molecular flexibility index (Phi) is 6.50. The molecule has 4 aliphatic rings. The summed E-state index contributed by atoms with van der Waals surface area (Å²) in [6.45, 7) is 9.59. The van der Waals surface area contributed by atoms with E-state index in [-0.39, 0.29) is 17.4 Å². The molecule has 0 aromatic heterocycles. The summed E-state index contributed by atoms with van der Waals surface area (Å²) in [5, 5.41) is 0. The second-order valence-corrected chi connectivity index (χ2v) is 10.2. The van der Waals surface area contributed by atoms with Crippen molar-refractivity contribution in [3.63, 3.8) is 0 Å². The summed E-state index contributed by atoms with van der Waals surface area (Å²) in [4.78, 5) is 34.2. The van der Waals surface area contributed by atoms with Crippen LogP contribution in [0.2, 0.25) is 0 Å². The van der Waals surface area contributed by atoms with Crippen molar-refractivity contribution < 1.29 is 14.3 Å². The normalized spacial score (nSPS) is 25.8. The molecule has 0 unspecified atom stereocenters. The molecule has 1 spiro atoms. The van der Waals surface area contributed by atoms with Crippen LogP contribution in [-0.2, 0) is 9.53 Å². The van der Waals surface area contributed by atoms with Crippen LogP contribution >= 0.6 is 0 Å². The number of benzene rings is 1. The lowest BCUT2D eigenvalue weighted by molar-refractivity contribution is -0.134. The second-order valence-electron chi connectivity index (χ2n) is 10.2. The van der Waals surface area contributed by atoms with Crippen LogP contribution in [0.5, 0.6) is 0 Å². The van der Waals surface area contributed by atoms with Crippen molar-refractivity contribution in [2.45, 2.75) is 45.1 Å². The first-order valence-corrected chi connectivity index (χ1v) is 12.8. The molecule has 0 radical (unpaired) electrons. The molecule has 33 heavy (non-hydrogen) atoms. The van der Waals surface area contributed by atoms with Gasteiger partial charge in [-0.3, -0.25) is 4.79 Å². The Labute approximate surface area is 197 Å². The molecule has 7 heteroatoms. The number of nitrogens with zero attached hydrogens (tertiary/aromatic N) is 4. The van der Waals surface area contributed by atoms with Gasteiger partial charge in [0, 0.05) is 56.9 Å². The first-order chi connectivity index (χ1) is 16.1. The number of carbonyl (C=O) groups is 2. The first kappa shape index (κ1) is 22.5. The Hall–Kier alpha value is -2.28. The lowest BCUT2D eigenvalue weighted by Gasteiger charge is -2.42. The summed E-state index contributed by atoms with van der Waals surface area (Å²) >= 11 is 0. The number of ether oxygens (including phenoxy) is 1. The Bertz CT molecular complexity index is 823. The third-order valence-electron chi connectivity index (χ3n) is 8.50. The highest BCUT2D eigenvalue weighted by Gasteiger charge is 2.59. The fourth-order valence-corrected chi connectivity index (χ4v) is 6.26. The molecular weight excluding hydrogens is 416 g/mol. The summed E-state index contributed by atoms with van der Waals surface area (Å²) in [7, 11) is 0. The highest BCUT2D eigenvalue weighted by molar-refractivity contribution is 5.83. The lowest BCUT2D eigenvalue weighted by Crippen LogP contribution is -2.51. The van der Waals surface area contributed by atoms with Gasteiger partial charge < -0.3 is 24.3 Å². The lowest BCUT2D eigenvalue weighted by atomic mass is 9.88. The van der Waals surface area contributed by atoms with Gasteiger partial charge in [0.15, 0.2) is 0 Å². The van der Waals surface area contributed by atoms with Crippen molar-refractivity contribution in [3.8, 4) is 0 Å². The third kappa shape index (κ3) is 4.70. The van der Waals surface area contributed by atoms with Crippen molar-refractivity contribution in [1.29, 1.82) is 0 Å². The molecule has 1 aromatic rings. The number of piperidine rings is 2. The Morgan fingerprint density at radius 2 is 1.58 bits per heavy atom. The number of piperazine rings is 1. The van der Waals surface area contributed by atoms with Crippen molar-refractivity contribution in [3.05, 3.63) is 30.3 Å². The van der Waals surface area contributed by atoms with Crippen LogP contribution in [0.3, 0.4) is 0 Å². The van der Waals surface area contributed by atoms with Gasteiger partial charge >= 0.3 is 6.09 Å². The number of likely N-dealkylation sites (tertiary alicyclic amines) is 2. The number of rotatable bonds is 4. The summed E-state index contributed by atoms with van der Waals surface area (Å²) in [5.41, 5.74) is 1.52. The Balaban J connectivity index is 1.06. The minimum atomic E-state index is -0.169. The molecule has 0 N–H and O–H groups in total. The maximum absolute atomic E-state index is 13.3. The largest absolute Gasteiger partial charge is 0.450 e. The molecular formula is C26H38N4O3. The van der Waals surface area contributed by atoms with Crippen LogP contribution in [0.1, 0.15) is 39.0 Å². The topological polar surface area (TPSA) is 56.3 Å². The summed E-state index contributed by atoms with van der Waals surface area (Å²) < 4.78 is 5.14. The highest BCUT2D eigenvalue weighted by Crippen LogP contribution is 2.60. The molecule has 1 atom stereocenters. The van der Waals surface area contributed by atoms with Gasteiger partial charge in [0.2, 0.25) is 5.91 Å². The maximum Gasteiger partial charge on any atom is 0.409 e. The molecule has 3 heterocycles. The van der Waals surface area contributed by atoms with Crippen LogP contribution in [0.4, 0.5) is 10.5 Å².